The summed E-state index contributed by atoms with van der Waals surface area (Å²) < 4.78 is 2.02. The van der Waals surface area contributed by atoms with Crippen LogP contribution in [0.4, 0.5) is 0 Å². The zero-order chi connectivity index (χ0) is 10.0. The predicted octanol–water partition coefficient (Wildman–Crippen LogP) is 1.21. The van der Waals surface area contributed by atoms with Crippen LogP contribution in [0.5, 0.6) is 0 Å². The second kappa shape index (κ2) is 4.02. The summed E-state index contributed by atoms with van der Waals surface area (Å²) in [7, 11) is 0. The summed E-state index contributed by atoms with van der Waals surface area (Å²) in [6, 6.07) is 1.76. The molecule has 0 aromatic carbocycles. The molecule has 1 rings (SSSR count). The van der Waals surface area contributed by atoms with Crippen molar-refractivity contribution in [1.29, 1.82) is 0 Å². The van der Waals surface area contributed by atoms with E-state index < -0.39 is 0 Å². The first kappa shape index (κ1) is 10.4. The molecule has 0 saturated carbocycles. The summed E-state index contributed by atoms with van der Waals surface area (Å²) in [6.45, 7) is 2.19. The highest BCUT2D eigenvalue weighted by atomic mass is 79.9. The van der Waals surface area contributed by atoms with Crippen LogP contribution in [0.25, 0.3) is 0 Å². The fraction of sp³-hybridized carbons (Fsp3) is 0.250. The molecule has 0 aliphatic heterocycles. The van der Waals surface area contributed by atoms with E-state index in [0.717, 1.165) is 5.56 Å². The summed E-state index contributed by atoms with van der Waals surface area (Å²) in [4.78, 5) is 11.8. The monoisotopic (exact) mass is 260 g/mol. The largest absolute Gasteiger partial charge is 0.392 e. The average Bonchev–Trinajstić information content (AvgIpc) is 1.98. The van der Waals surface area contributed by atoms with E-state index in [1.54, 1.807) is 12.3 Å². The van der Waals surface area contributed by atoms with Crippen molar-refractivity contribution < 1.29 is 0 Å². The van der Waals surface area contributed by atoms with Crippen molar-refractivity contribution in [3.63, 3.8) is 0 Å². The zero-order valence-corrected chi connectivity index (χ0v) is 9.48. The highest BCUT2D eigenvalue weighted by molar-refractivity contribution is 9.10. The fourth-order valence-electron chi connectivity index (χ4n) is 1.03. The topological polar surface area (TPSA) is 48.0 Å². The maximum atomic E-state index is 11.5. The van der Waals surface area contributed by atoms with Gasteiger partial charge in [-0.15, -0.1) is 0 Å². The van der Waals surface area contributed by atoms with Crippen LogP contribution in [0.3, 0.4) is 0 Å². The predicted molar refractivity (Wildman–Crippen MR) is 59.9 cm³/mol. The first-order chi connectivity index (χ1) is 6.00. The molecule has 0 amide bonds. The number of nitrogens with two attached hydrogens (primary N) is 1. The van der Waals surface area contributed by atoms with Crippen molar-refractivity contribution in [2.45, 2.75) is 13.5 Å². The number of aryl methyl sites for hydroxylation is 1. The van der Waals surface area contributed by atoms with E-state index in [-0.39, 0.29) is 12.1 Å². The zero-order valence-electron chi connectivity index (χ0n) is 7.08. The first-order valence-corrected chi connectivity index (χ1v) is 4.85. The Labute approximate surface area is 89.7 Å². The molecule has 3 nitrogen and oxygen atoms in total. The van der Waals surface area contributed by atoms with Crippen LogP contribution in [0, 0.1) is 6.92 Å². The first-order valence-electron chi connectivity index (χ1n) is 3.65. The van der Waals surface area contributed by atoms with Gasteiger partial charge in [-0.1, -0.05) is 12.2 Å². The van der Waals surface area contributed by atoms with Crippen molar-refractivity contribution >= 4 is 33.1 Å². The van der Waals surface area contributed by atoms with Crippen LogP contribution < -0.4 is 11.3 Å². The molecule has 0 bridgehead atoms. The van der Waals surface area contributed by atoms with E-state index in [4.69, 9.17) is 18.0 Å². The molecule has 1 aromatic rings. The number of pyridine rings is 1. The maximum Gasteiger partial charge on any atom is 0.265 e. The number of thiocarbonyl (C=S) groups is 1. The Morgan fingerprint density at radius 2 is 2.38 bits per heavy atom. The number of halogens is 1. The van der Waals surface area contributed by atoms with Gasteiger partial charge in [0.05, 0.1) is 16.0 Å². The molecular weight excluding hydrogens is 252 g/mol. The number of aromatic nitrogens is 1. The number of hydrogen-bond acceptors (Lipinski definition) is 2. The van der Waals surface area contributed by atoms with Crippen LogP contribution in [-0.2, 0) is 6.54 Å². The summed E-state index contributed by atoms with van der Waals surface area (Å²) in [5.74, 6) is 0. The van der Waals surface area contributed by atoms with Gasteiger partial charge in [0.2, 0.25) is 0 Å². The van der Waals surface area contributed by atoms with E-state index >= 15 is 0 Å². The Bertz CT molecular complexity index is 400. The lowest BCUT2D eigenvalue weighted by atomic mass is 10.3. The Morgan fingerprint density at radius 1 is 1.77 bits per heavy atom. The standard InChI is InChI=1S/C8H9BrN2OS/c1-5-2-6(9)8(12)11(3-5)4-7(10)13/h2-3H,4H2,1H3,(H2,10,13). The van der Waals surface area contributed by atoms with Gasteiger partial charge in [0.25, 0.3) is 5.56 Å². The Morgan fingerprint density at radius 3 is 2.92 bits per heavy atom. The van der Waals surface area contributed by atoms with Crippen molar-refractivity contribution in [2.24, 2.45) is 5.73 Å². The average molecular weight is 261 g/mol. The minimum Gasteiger partial charge on any atom is -0.392 e. The van der Waals surface area contributed by atoms with Gasteiger partial charge in [-0.05, 0) is 34.5 Å². The fourth-order valence-corrected chi connectivity index (χ4v) is 1.75. The Kier molecular flexibility index (Phi) is 3.22. The lowest BCUT2D eigenvalue weighted by Crippen LogP contribution is -2.27. The molecule has 0 spiro atoms. The second-order valence-electron chi connectivity index (χ2n) is 2.76. The van der Waals surface area contributed by atoms with E-state index in [0.29, 0.717) is 9.46 Å². The van der Waals surface area contributed by atoms with Crippen molar-refractivity contribution in [3.8, 4) is 0 Å². The highest BCUT2D eigenvalue weighted by Crippen LogP contribution is 2.05. The molecule has 1 aromatic heterocycles. The van der Waals surface area contributed by atoms with Crippen molar-refractivity contribution in [3.05, 3.63) is 32.7 Å². The molecule has 0 aliphatic carbocycles. The number of nitrogens with zero attached hydrogens (tertiary/aromatic N) is 1. The molecule has 0 radical (unpaired) electrons. The van der Waals surface area contributed by atoms with Gasteiger partial charge in [0, 0.05) is 6.20 Å². The quantitative estimate of drug-likeness (QED) is 0.814. The summed E-state index contributed by atoms with van der Waals surface area (Å²) in [5, 5.41) is 0. The van der Waals surface area contributed by atoms with E-state index in [2.05, 4.69) is 15.9 Å². The molecule has 2 N–H and O–H groups in total. The molecule has 0 atom stereocenters. The maximum absolute atomic E-state index is 11.5. The number of rotatable bonds is 2. The van der Waals surface area contributed by atoms with E-state index in [1.165, 1.54) is 4.57 Å². The molecule has 5 heteroatoms. The van der Waals surface area contributed by atoms with Crippen LogP contribution in [-0.4, -0.2) is 9.56 Å². The lowest BCUT2D eigenvalue weighted by molar-refractivity contribution is 0.796. The van der Waals surface area contributed by atoms with Gasteiger partial charge in [0.15, 0.2) is 0 Å². The summed E-state index contributed by atoms with van der Waals surface area (Å²) >= 11 is 7.90. The van der Waals surface area contributed by atoms with Crippen LogP contribution >= 0.6 is 28.1 Å². The molecule has 0 saturated heterocycles. The van der Waals surface area contributed by atoms with Crippen LogP contribution in [0.1, 0.15) is 5.56 Å². The number of hydrogen-bond donors (Lipinski definition) is 1. The normalized spacial score (nSPS) is 10.0. The Hall–Kier alpha value is -0.680. The van der Waals surface area contributed by atoms with Gasteiger partial charge in [-0.25, -0.2) is 0 Å². The third-order valence-electron chi connectivity index (χ3n) is 1.51. The van der Waals surface area contributed by atoms with Gasteiger partial charge in [-0.3, -0.25) is 4.79 Å². The SMILES string of the molecule is Cc1cc(Br)c(=O)n(CC(N)=S)c1. The summed E-state index contributed by atoms with van der Waals surface area (Å²) in [6.07, 6.45) is 1.73. The van der Waals surface area contributed by atoms with E-state index in [9.17, 15) is 4.79 Å². The third kappa shape index (κ3) is 2.63. The minimum atomic E-state index is -0.113. The van der Waals surface area contributed by atoms with Crippen molar-refractivity contribution in [1.82, 2.24) is 4.57 Å². The van der Waals surface area contributed by atoms with Gasteiger partial charge in [-0.2, -0.15) is 0 Å². The molecule has 0 fully saturated rings. The molecule has 1 heterocycles. The smallest absolute Gasteiger partial charge is 0.265 e. The van der Waals surface area contributed by atoms with Gasteiger partial charge >= 0.3 is 0 Å². The highest BCUT2D eigenvalue weighted by Gasteiger charge is 2.02. The van der Waals surface area contributed by atoms with E-state index in [1.807, 2.05) is 6.92 Å². The summed E-state index contributed by atoms with van der Waals surface area (Å²) in [5.41, 5.74) is 6.23. The lowest BCUT2D eigenvalue weighted by Gasteiger charge is -2.05. The molecule has 13 heavy (non-hydrogen) atoms. The minimum absolute atomic E-state index is 0.113. The molecule has 0 aliphatic rings. The molecular formula is C8H9BrN2OS. The van der Waals surface area contributed by atoms with Gasteiger partial charge in [0.1, 0.15) is 0 Å². The van der Waals surface area contributed by atoms with Crippen LogP contribution in [0.15, 0.2) is 21.5 Å². The van der Waals surface area contributed by atoms with Crippen molar-refractivity contribution in [2.75, 3.05) is 0 Å². The van der Waals surface area contributed by atoms with Gasteiger partial charge < -0.3 is 10.3 Å². The second-order valence-corrected chi connectivity index (χ2v) is 4.14. The Balaban J connectivity index is 3.21. The molecule has 70 valence electrons. The van der Waals surface area contributed by atoms with Crippen LogP contribution in [0.2, 0.25) is 0 Å². The third-order valence-corrected chi connectivity index (χ3v) is 2.20. The molecule has 0 unspecified atom stereocenters.